The summed E-state index contributed by atoms with van der Waals surface area (Å²) in [7, 11) is 1.38. The molecule has 1 amide bonds. The van der Waals surface area contributed by atoms with Gasteiger partial charge in [0.2, 0.25) is 0 Å². The Bertz CT molecular complexity index is 1360. The first-order chi connectivity index (χ1) is 17.3. The molecular weight excluding hydrogens is 486 g/mol. The Kier molecular flexibility index (Phi) is 6.51. The van der Waals surface area contributed by atoms with Gasteiger partial charge in [0.25, 0.3) is 5.91 Å². The number of thiophene rings is 1. The summed E-state index contributed by atoms with van der Waals surface area (Å²) in [4.78, 5) is 16.3. The number of amides is 1. The summed E-state index contributed by atoms with van der Waals surface area (Å²) in [6.45, 7) is 1.80. The highest BCUT2D eigenvalue weighted by Crippen LogP contribution is 2.43. The van der Waals surface area contributed by atoms with E-state index in [4.69, 9.17) is 14.7 Å². The molecule has 1 aromatic heterocycles. The lowest BCUT2D eigenvalue weighted by Crippen LogP contribution is -2.47. The Balaban J connectivity index is 1.50. The third-order valence-corrected chi connectivity index (χ3v) is 8.35. The van der Waals surface area contributed by atoms with Crippen LogP contribution in [0.5, 0.6) is 5.75 Å². The Hall–Kier alpha value is -3.32. The SMILES string of the molecule is COc1ccc(-c2sc(C(=O)N3CCC4(CC3)COCC4O)cc2-c2ccc(C#N)c(F)c2)cc1F. The van der Waals surface area contributed by atoms with Crippen molar-refractivity contribution in [1.82, 2.24) is 4.90 Å². The molecule has 36 heavy (non-hydrogen) atoms. The second kappa shape index (κ2) is 9.62. The number of rotatable bonds is 4. The number of piperidine rings is 1. The van der Waals surface area contributed by atoms with Gasteiger partial charge in [-0.1, -0.05) is 6.07 Å². The molecule has 1 N–H and O–H groups in total. The van der Waals surface area contributed by atoms with Gasteiger partial charge in [-0.05, 0) is 60.4 Å². The number of aliphatic hydroxyl groups is 1. The van der Waals surface area contributed by atoms with Gasteiger partial charge in [0.1, 0.15) is 11.9 Å². The molecule has 6 nitrogen and oxygen atoms in total. The summed E-state index contributed by atoms with van der Waals surface area (Å²) >= 11 is 1.21. The fourth-order valence-electron chi connectivity index (χ4n) is 4.94. The van der Waals surface area contributed by atoms with Crippen LogP contribution in [0.3, 0.4) is 0 Å². The van der Waals surface area contributed by atoms with Crippen molar-refractivity contribution in [3.05, 3.63) is 64.5 Å². The van der Waals surface area contributed by atoms with E-state index in [9.17, 15) is 18.7 Å². The van der Waals surface area contributed by atoms with Crippen LogP contribution in [-0.2, 0) is 4.74 Å². The van der Waals surface area contributed by atoms with Crippen LogP contribution in [0.2, 0.25) is 0 Å². The van der Waals surface area contributed by atoms with Crippen molar-refractivity contribution in [2.45, 2.75) is 18.9 Å². The van der Waals surface area contributed by atoms with E-state index in [2.05, 4.69) is 0 Å². The van der Waals surface area contributed by atoms with Crippen LogP contribution in [-0.4, -0.2) is 55.4 Å². The van der Waals surface area contributed by atoms with Gasteiger partial charge < -0.3 is 19.5 Å². The van der Waals surface area contributed by atoms with Crippen molar-refractivity contribution in [1.29, 1.82) is 5.26 Å². The predicted molar refractivity (Wildman–Crippen MR) is 131 cm³/mol. The van der Waals surface area contributed by atoms with Gasteiger partial charge in [-0.15, -0.1) is 11.3 Å². The second-order valence-electron chi connectivity index (χ2n) is 9.19. The van der Waals surface area contributed by atoms with Crippen LogP contribution >= 0.6 is 11.3 Å². The Labute approximate surface area is 211 Å². The van der Waals surface area contributed by atoms with Crippen molar-refractivity contribution in [3.63, 3.8) is 0 Å². The van der Waals surface area contributed by atoms with Gasteiger partial charge >= 0.3 is 0 Å². The number of carbonyl (C=O) groups excluding carboxylic acids is 1. The zero-order valence-corrected chi connectivity index (χ0v) is 20.4. The molecule has 5 rings (SSSR count). The van der Waals surface area contributed by atoms with E-state index >= 15 is 0 Å². The minimum absolute atomic E-state index is 0.0809. The minimum atomic E-state index is -0.667. The minimum Gasteiger partial charge on any atom is -0.494 e. The van der Waals surface area contributed by atoms with E-state index in [1.54, 1.807) is 23.1 Å². The van der Waals surface area contributed by atoms with Gasteiger partial charge in [0.05, 0.1) is 36.9 Å². The van der Waals surface area contributed by atoms with E-state index in [1.165, 1.54) is 42.7 Å². The number of halogens is 2. The van der Waals surface area contributed by atoms with Crippen molar-refractivity contribution < 1.29 is 28.2 Å². The van der Waals surface area contributed by atoms with E-state index < -0.39 is 17.7 Å². The van der Waals surface area contributed by atoms with Gasteiger partial charge in [-0.3, -0.25) is 4.79 Å². The number of hydrogen-bond donors (Lipinski definition) is 1. The molecule has 2 saturated heterocycles. The molecule has 0 aliphatic carbocycles. The fraction of sp³-hybridized carbons (Fsp3) is 0.333. The first-order valence-corrected chi connectivity index (χ1v) is 12.4. The highest BCUT2D eigenvalue weighted by Gasteiger charge is 2.46. The molecule has 2 aliphatic heterocycles. The molecule has 3 heterocycles. The summed E-state index contributed by atoms with van der Waals surface area (Å²) in [5.74, 6) is -1.29. The molecule has 1 atom stereocenters. The lowest BCUT2D eigenvalue weighted by atomic mass is 9.76. The Morgan fingerprint density at radius 2 is 1.89 bits per heavy atom. The zero-order chi connectivity index (χ0) is 25.4. The normalized spacial score (nSPS) is 18.9. The molecule has 0 saturated carbocycles. The monoisotopic (exact) mass is 510 g/mol. The number of benzene rings is 2. The van der Waals surface area contributed by atoms with E-state index in [0.29, 0.717) is 65.6 Å². The number of likely N-dealkylation sites (tertiary alicyclic amines) is 1. The van der Waals surface area contributed by atoms with Crippen molar-refractivity contribution in [2.24, 2.45) is 5.41 Å². The molecule has 0 bridgehead atoms. The standard InChI is InChI=1S/C27H24F2N2O4S/c1-34-22-5-4-17(11-21(22)29)25-19(16-2-3-18(13-30)20(28)10-16)12-23(36-25)26(33)31-8-6-27(7-9-31)15-35-14-24(27)32/h2-5,10-12,24,32H,6-9,14-15H2,1H3. The highest BCUT2D eigenvalue weighted by molar-refractivity contribution is 7.18. The average molecular weight is 511 g/mol. The van der Waals surface area contributed by atoms with Crippen LogP contribution in [0.25, 0.3) is 21.6 Å². The Morgan fingerprint density at radius 1 is 1.17 bits per heavy atom. The molecule has 3 aromatic rings. The van der Waals surface area contributed by atoms with Crippen molar-refractivity contribution in [3.8, 4) is 33.4 Å². The summed E-state index contributed by atoms with van der Waals surface area (Å²) in [6, 6.07) is 12.3. The number of nitriles is 1. The number of ether oxygens (including phenoxy) is 2. The first kappa shape index (κ1) is 24.4. The Morgan fingerprint density at radius 3 is 2.50 bits per heavy atom. The van der Waals surface area contributed by atoms with E-state index in [0.717, 1.165) is 0 Å². The summed E-state index contributed by atoms with van der Waals surface area (Å²) in [6.07, 6.45) is 0.774. The maximum Gasteiger partial charge on any atom is 0.263 e. The van der Waals surface area contributed by atoms with Crippen LogP contribution < -0.4 is 4.74 Å². The lowest BCUT2D eigenvalue weighted by molar-refractivity contribution is 0.0125. The van der Waals surface area contributed by atoms with E-state index in [-0.39, 0.29) is 22.6 Å². The fourth-order valence-corrected chi connectivity index (χ4v) is 6.09. The van der Waals surface area contributed by atoms with Crippen LogP contribution in [0.4, 0.5) is 8.78 Å². The third kappa shape index (κ3) is 4.26. The summed E-state index contributed by atoms with van der Waals surface area (Å²) in [5.41, 5.74) is 1.20. The summed E-state index contributed by atoms with van der Waals surface area (Å²) < 4.78 is 39.5. The topological polar surface area (TPSA) is 82.8 Å². The lowest BCUT2D eigenvalue weighted by Gasteiger charge is -2.40. The van der Waals surface area contributed by atoms with Gasteiger partial charge in [0, 0.05) is 28.9 Å². The van der Waals surface area contributed by atoms with E-state index in [1.807, 2.05) is 6.07 Å². The zero-order valence-electron chi connectivity index (χ0n) is 19.6. The van der Waals surface area contributed by atoms with Crippen LogP contribution in [0.1, 0.15) is 28.1 Å². The maximum absolute atomic E-state index is 14.5. The van der Waals surface area contributed by atoms with Gasteiger partial charge in [-0.25, -0.2) is 8.78 Å². The number of carbonyl (C=O) groups is 1. The molecule has 2 fully saturated rings. The van der Waals surface area contributed by atoms with Crippen LogP contribution in [0.15, 0.2) is 42.5 Å². The molecular formula is C27H24F2N2O4S. The maximum atomic E-state index is 14.5. The average Bonchev–Trinajstić information content (AvgIpc) is 3.48. The van der Waals surface area contributed by atoms with Crippen molar-refractivity contribution in [2.75, 3.05) is 33.4 Å². The molecule has 2 aliphatic rings. The smallest absolute Gasteiger partial charge is 0.263 e. The molecule has 9 heteroatoms. The van der Waals surface area contributed by atoms with Crippen molar-refractivity contribution >= 4 is 17.2 Å². The molecule has 1 unspecified atom stereocenters. The van der Waals surface area contributed by atoms with Crippen LogP contribution in [0, 0.1) is 28.4 Å². The largest absolute Gasteiger partial charge is 0.494 e. The predicted octanol–water partition coefficient (Wildman–Crippen LogP) is 4.85. The summed E-state index contributed by atoms with van der Waals surface area (Å²) in [5, 5.41) is 19.4. The molecule has 186 valence electrons. The van der Waals surface area contributed by atoms with Gasteiger partial charge in [-0.2, -0.15) is 5.26 Å². The van der Waals surface area contributed by atoms with Gasteiger partial charge in [0.15, 0.2) is 11.6 Å². The third-order valence-electron chi connectivity index (χ3n) is 7.18. The molecule has 0 radical (unpaired) electrons. The quantitative estimate of drug-likeness (QED) is 0.543. The number of hydrogen-bond acceptors (Lipinski definition) is 6. The number of methoxy groups -OCH3 is 1. The molecule has 1 spiro atoms. The second-order valence-corrected chi connectivity index (χ2v) is 10.2. The molecule has 2 aromatic carbocycles. The first-order valence-electron chi connectivity index (χ1n) is 11.6. The number of aliphatic hydroxyl groups excluding tert-OH is 1. The number of nitrogens with zero attached hydrogens (tertiary/aromatic N) is 2. The highest BCUT2D eigenvalue weighted by atomic mass is 32.1.